The first-order valence-corrected chi connectivity index (χ1v) is 20.4. The van der Waals surface area contributed by atoms with Gasteiger partial charge in [0.15, 0.2) is 0 Å². The van der Waals surface area contributed by atoms with Crippen molar-refractivity contribution in [2.24, 2.45) is 5.10 Å². The first-order valence-electron chi connectivity index (χ1n) is 14.4. The van der Waals surface area contributed by atoms with Crippen molar-refractivity contribution in [3.05, 3.63) is 93.9 Å². The number of aromatic nitrogens is 3. The van der Waals surface area contributed by atoms with E-state index in [1.807, 2.05) is 5.43 Å². The maximum Gasteiger partial charge on any atom is 1.00 e. The van der Waals surface area contributed by atoms with E-state index in [-0.39, 0.29) is 118 Å². The maximum atomic E-state index is 14.6. The van der Waals surface area contributed by atoms with Crippen LogP contribution >= 0.6 is 11.6 Å². The summed E-state index contributed by atoms with van der Waals surface area (Å²) in [4.78, 5) is 20.2. The van der Waals surface area contributed by atoms with E-state index in [9.17, 15) is 61.1 Å². The van der Waals surface area contributed by atoms with Gasteiger partial charge in [-0.3, -0.25) is 10.2 Å². The van der Waals surface area contributed by atoms with E-state index in [4.69, 9.17) is 11.6 Å². The summed E-state index contributed by atoms with van der Waals surface area (Å²) >= 11 is 5.87. The Morgan fingerprint density at radius 2 is 1.27 bits per heavy atom. The van der Waals surface area contributed by atoms with Crippen LogP contribution in [0.15, 0.2) is 91.4 Å². The SMILES string of the molecule is O=C1C(=NNc2ccc3c(S(=O)(=O)[O-])cccc3c2S(=O)(=O)[O-])C(S(=O)(=O)[O-])=Cc2cc(S(=O)(=O)[O-])cc(Nc3nc(F)nc(Nc4ccc(Cl)cc4)n3)c21.[Na+].[Na+].[Na+].[Na+]. The molecular weight excluding hydrogens is 929 g/mol. The van der Waals surface area contributed by atoms with E-state index < -0.39 is 123 Å². The number of anilines is 5. The minimum absolute atomic E-state index is 0. The number of benzene rings is 4. The Balaban J connectivity index is 0.00000300. The Hall–Kier alpha value is -1.51. The quantitative estimate of drug-likeness (QED) is 0.0665. The Bertz CT molecular complexity index is 3020. The molecule has 0 atom stereocenters. The molecule has 0 spiro atoms. The minimum Gasteiger partial charge on any atom is -0.744 e. The summed E-state index contributed by atoms with van der Waals surface area (Å²) in [6.07, 6.45) is -0.954. The summed E-state index contributed by atoms with van der Waals surface area (Å²) in [5, 5.41) is 7.84. The Kier molecular flexibility index (Phi) is 18.5. The van der Waals surface area contributed by atoms with Crippen molar-refractivity contribution in [2.75, 3.05) is 16.1 Å². The molecular formula is C29H15ClFN7Na4O13S4. The number of nitrogens with one attached hydrogen (secondary N) is 3. The molecule has 4 aromatic carbocycles. The van der Waals surface area contributed by atoms with E-state index >= 15 is 0 Å². The number of hydrogen-bond acceptors (Lipinski definition) is 20. The Morgan fingerprint density at radius 3 is 1.83 bits per heavy atom. The van der Waals surface area contributed by atoms with Crippen molar-refractivity contribution in [1.29, 1.82) is 0 Å². The fourth-order valence-electron chi connectivity index (χ4n) is 5.22. The van der Waals surface area contributed by atoms with Crippen LogP contribution in [-0.2, 0) is 40.5 Å². The smallest absolute Gasteiger partial charge is 0.744 e. The van der Waals surface area contributed by atoms with Crippen molar-refractivity contribution in [3.8, 4) is 0 Å². The standard InChI is InChI=1S/C29H19ClFN7O13S4.4Na/c30-14-4-6-15(7-5-14)32-28-34-27(31)35-29(36-28)33-20-12-16(52(40,41)42)10-13-11-22(54(46,47)48)24(25(39)23(13)20)38-37-19-9-8-17-18(26(19)55(49,50)51)2-1-3-21(17)53(43,44)45;;;;/h1-12,37H,(H,40,41,42)(H,43,44,45)(H,46,47,48)(H,49,50,51)(H2,32,33,34,35,36);;;;/q;4*+1/p-4. The van der Waals surface area contributed by atoms with Gasteiger partial charge in [0.05, 0.1) is 36.5 Å². The molecule has 1 aliphatic carbocycles. The van der Waals surface area contributed by atoms with Gasteiger partial charge in [0.2, 0.25) is 17.7 Å². The number of allylic oxidation sites excluding steroid dienone is 1. The molecule has 0 amide bonds. The number of halogens is 2. The normalized spacial score (nSPS) is 13.4. The number of carbonyl (C=O) groups excluding carboxylic acids is 1. The van der Waals surface area contributed by atoms with Crippen LogP contribution in [-0.4, -0.2) is 78.3 Å². The predicted molar refractivity (Wildman–Crippen MR) is 185 cm³/mol. The van der Waals surface area contributed by atoms with Crippen LogP contribution in [0, 0.1) is 6.08 Å². The molecule has 286 valence electrons. The van der Waals surface area contributed by atoms with Crippen molar-refractivity contribution >= 4 is 109 Å². The number of hydrogen-bond donors (Lipinski definition) is 3. The van der Waals surface area contributed by atoms with Gasteiger partial charge >= 0.3 is 124 Å². The molecule has 0 saturated carbocycles. The molecule has 1 aromatic heterocycles. The first kappa shape index (κ1) is 53.6. The van der Waals surface area contributed by atoms with Crippen LogP contribution < -0.4 is 134 Å². The topological polar surface area (TPSA) is 333 Å². The third-order valence-corrected chi connectivity index (χ3v) is 11.1. The van der Waals surface area contributed by atoms with E-state index in [0.29, 0.717) is 28.9 Å². The van der Waals surface area contributed by atoms with Crippen molar-refractivity contribution in [2.45, 2.75) is 14.7 Å². The van der Waals surface area contributed by atoms with E-state index in [1.54, 1.807) is 0 Å². The molecule has 30 heteroatoms. The first-order chi connectivity index (χ1) is 25.5. The monoisotopic (exact) mass is 943 g/mol. The van der Waals surface area contributed by atoms with Gasteiger partial charge in [0, 0.05) is 21.5 Å². The van der Waals surface area contributed by atoms with Crippen LogP contribution in [0.3, 0.4) is 0 Å². The summed E-state index contributed by atoms with van der Waals surface area (Å²) in [5.74, 6) is -2.64. The molecule has 0 aliphatic heterocycles. The summed E-state index contributed by atoms with van der Waals surface area (Å²) in [6.45, 7) is 0. The molecule has 0 fully saturated rings. The van der Waals surface area contributed by atoms with Crippen LogP contribution in [0.2, 0.25) is 5.02 Å². The fourth-order valence-corrected chi connectivity index (χ4v) is 8.05. The molecule has 20 nitrogen and oxygen atoms in total. The van der Waals surface area contributed by atoms with Gasteiger partial charge in [-0.1, -0.05) is 29.8 Å². The predicted octanol–water partition coefficient (Wildman–Crippen LogP) is -9.42. The van der Waals surface area contributed by atoms with Crippen LogP contribution in [0.1, 0.15) is 15.9 Å². The number of rotatable bonds is 10. The Labute approximate surface area is 427 Å². The summed E-state index contributed by atoms with van der Waals surface area (Å²) in [7, 11) is -21.9. The second-order valence-electron chi connectivity index (χ2n) is 11.0. The summed E-state index contributed by atoms with van der Waals surface area (Å²) < 4.78 is 161. The molecule has 59 heavy (non-hydrogen) atoms. The zero-order valence-electron chi connectivity index (χ0n) is 30.4. The molecule has 0 radical (unpaired) electrons. The van der Waals surface area contributed by atoms with Gasteiger partial charge in [-0.2, -0.15) is 24.4 Å². The minimum atomic E-state index is -5.72. The molecule has 6 rings (SSSR count). The number of Topliss-reactive ketones (excluding diaryl/α,β-unsaturated/α-hetero) is 1. The number of ketones is 1. The average Bonchev–Trinajstić information content (AvgIpc) is 3.06. The number of fused-ring (bicyclic) bond motifs is 2. The van der Waals surface area contributed by atoms with Gasteiger partial charge in [0.1, 0.15) is 46.2 Å². The van der Waals surface area contributed by atoms with Gasteiger partial charge in [-0.05, 0) is 60.2 Å². The van der Waals surface area contributed by atoms with E-state index in [2.05, 4.69) is 30.7 Å². The van der Waals surface area contributed by atoms with Crippen molar-refractivity contribution in [3.63, 3.8) is 0 Å². The molecule has 5 aromatic rings. The molecule has 0 unspecified atom stereocenters. The number of hydrazone groups is 1. The number of nitrogens with zero attached hydrogens (tertiary/aromatic N) is 4. The Morgan fingerprint density at radius 1 is 0.661 bits per heavy atom. The van der Waals surface area contributed by atoms with Crippen molar-refractivity contribution in [1.82, 2.24) is 15.0 Å². The summed E-state index contributed by atoms with van der Waals surface area (Å²) in [6, 6.07) is 11.4. The molecule has 0 bridgehead atoms. The second kappa shape index (κ2) is 20.3. The second-order valence-corrected chi connectivity index (χ2v) is 16.8. The zero-order valence-corrected chi connectivity index (χ0v) is 42.4. The van der Waals surface area contributed by atoms with Gasteiger partial charge in [-0.15, -0.1) is 0 Å². The molecule has 1 aliphatic rings. The van der Waals surface area contributed by atoms with Crippen LogP contribution in [0.4, 0.5) is 33.3 Å². The van der Waals surface area contributed by atoms with E-state index in [0.717, 1.165) is 30.3 Å². The zero-order chi connectivity index (χ0) is 40.2. The van der Waals surface area contributed by atoms with Gasteiger partial charge in [0.25, 0.3) is 0 Å². The average molecular weight is 944 g/mol. The summed E-state index contributed by atoms with van der Waals surface area (Å²) in [5.41, 5.74) is -1.79. The van der Waals surface area contributed by atoms with Crippen molar-refractivity contribution < 1.29 is 179 Å². The third-order valence-electron chi connectivity index (χ3n) is 7.40. The molecule has 1 heterocycles. The van der Waals surface area contributed by atoms with Crippen LogP contribution in [0.5, 0.6) is 0 Å². The number of carbonyl (C=O) groups is 1. The maximum absolute atomic E-state index is 14.6. The largest absolute Gasteiger partial charge is 1.00 e. The molecule has 0 saturated heterocycles. The van der Waals surface area contributed by atoms with Gasteiger partial charge in [-0.25, -0.2) is 33.7 Å². The van der Waals surface area contributed by atoms with Crippen LogP contribution in [0.25, 0.3) is 16.8 Å². The van der Waals surface area contributed by atoms with Gasteiger partial charge < -0.3 is 28.8 Å². The molecule has 3 N–H and O–H groups in total. The fraction of sp³-hybridized carbons (Fsp3) is 0. The van der Waals surface area contributed by atoms with E-state index in [1.165, 1.54) is 24.3 Å². The third kappa shape index (κ3) is 12.4.